The molecular weight excluding hydrogens is 340 g/mol. The minimum absolute atomic E-state index is 0.197. The number of benzene rings is 2. The van der Waals surface area contributed by atoms with Crippen LogP contribution >= 0.6 is 11.6 Å². The highest BCUT2D eigenvalue weighted by atomic mass is 35.5. The van der Waals surface area contributed by atoms with Crippen molar-refractivity contribution in [2.45, 2.75) is 19.5 Å². The molecular formula is C19H21ClN2O3. The number of carbonyl (C=O) groups excluding carboxylic acids is 2. The SMILES string of the molecule is CNC(=O)[C@@H](C)N(Cc1ccccc1)C(=O)COc1ccccc1Cl. The summed E-state index contributed by atoms with van der Waals surface area (Å²) in [4.78, 5) is 26.2. The van der Waals surface area contributed by atoms with Gasteiger partial charge in [-0.3, -0.25) is 9.59 Å². The predicted octanol–water partition coefficient (Wildman–Crippen LogP) is 2.88. The zero-order valence-electron chi connectivity index (χ0n) is 14.2. The number of likely N-dealkylation sites (N-methyl/N-ethyl adjacent to an activating group) is 1. The first-order valence-electron chi connectivity index (χ1n) is 7.95. The smallest absolute Gasteiger partial charge is 0.261 e. The molecule has 25 heavy (non-hydrogen) atoms. The minimum Gasteiger partial charge on any atom is -0.482 e. The third kappa shape index (κ3) is 5.22. The van der Waals surface area contributed by atoms with Gasteiger partial charge in [0.05, 0.1) is 5.02 Å². The van der Waals surface area contributed by atoms with Crippen LogP contribution in [0.15, 0.2) is 54.6 Å². The fourth-order valence-electron chi connectivity index (χ4n) is 2.36. The molecule has 2 amide bonds. The Morgan fingerprint density at radius 3 is 2.40 bits per heavy atom. The van der Waals surface area contributed by atoms with Gasteiger partial charge in [-0.15, -0.1) is 0 Å². The van der Waals surface area contributed by atoms with E-state index >= 15 is 0 Å². The second kappa shape index (κ2) is 9.08. The summed E-state index contributed by atoms with van der Waals surface area (Å²) in [7, 11) is 1.55. The Morgan fingerprint density at radius 2 is 1.76 bits per heavy atom. The normalized spacial score (nSPS) is 11.5. The zero-order valence-corrected chi connectivity index (χ0v) is 15.0. The second-order valence-corrected chi connectivity index (χ2v) is 5.92. The van der Waals surface area contributed by atoms with E-state index in [-0.39, 0.29) is 18.4 Å². The van der Waals surface area contributed by atoms with Crippen LogP contribution in [0, 0.1) is 0 Å². The lowest BCUT2D eigenvalue weighted by Crippen LogP contribution is -2.48. The number of halogens is 1. The van der Waals surface area contributed by atoms with Gasteiger partial charge in [-0.1, -0.05) is 54.1 Å². The average Bonchev–Trinajstić information content (AvgIpc) is 2.64. The molecule has 0 aromatic heterocycles. The number of nitrogens with one attached hydrogen (secondary N) is 1. The van der Waals surface area contributed by atoms with Crippen molar-refractivity contribution in [1.82, 2.24) is 10.2 Å². The van der Waals surface area contributed by atoms with Crippen molar-refractivity contribution >= 4 is 23.4 Å². The molecule has 1 atom stereocenters. The monoisotopic (exact) mass is 360 g/mol. The van der Waals surface area contributed by atoms with Gasteiger partial charge in [0.1, 0.15) is 11.8 Å². The first-order valence-corrected chi connectivity index (χ1v) is 8.33. The second-order valence-electron chi connectivity index (χ2n) is 5.52. The molecule has 0 aliphatic heterocycles. The maximum absolute atomic E-state index is 12.7. The largest absolute Gasteiger partial charge is 0.482 e. The lowest BCUT2D eigenvalue weighted by Gasteiger charge is -2.28. The summed E-state index contributed by atoms with van der Waals surface area (Å²) >= 11 is 6.04. The van der Waals surface area contributed by atoms with Crippen molar-refractivity contribution in [2.24, 2.45) is 0 Å². The van der Waals surface area contributed by atoms with E-state index in [4.69, 9.17) is 16.3 Å². The Kier molecular flexibility index (Phi) is 6.83. The van der Waals surface area contributed by atoms with E-state index in [9.17, 15) is 9.59 Å². The molecule has 2 aromatic rings. The van der Waals surface area contributed by atoms with Crippen LogP contribution in [0.1, 0.15) is 12.5 Å². The molecule has 0 saturated heterocycles. The molecule has 0 aliphatic carbocycles. The van der Waals surface area contributed by atoms with Crippen LogP contribution in [0.4, 0.5) is 0 Å². The summed E-state index contributed by atoms with van der Waals surface area (Å²) in [5.74, 6) is -0.0910. The minimum atomic E-state index is -0.618. The first kappa shape index (κ1) is 18.8. The molecule has 1 N–H and O–H groups in total. The van der Waals surface area contributed by atoms with Crippen molar-refractivity contribution < 1.29 is 14.3 Å². The van der Waals surface area contributed by atoms with Gasteiger partial charge < -0.3 is 15.0 Å². The Labute approximate surface area is 152 Å². The van der Waals surface area contributed by atoms with E-state index in [1.165, 1.54) is 4.90 Å². The summed E-state index contributed by atoms with van der Waals surface area (Å²) < 4.78 is 5.53. The molecule has 2 aromatic carbocycles. The van der Waals surface area contributed by atoms with Gasteiger partial charge in [0.2, 0.25) is 5.91 Å². The van der Waals surface area contributed by atoms with Crippen LogP contribution < -0.4 is 10.1 Å². The maximum Gasteiger partial charge on any atom is 0.261 e. The van der Waals surface area contributed by atoms with Crippen LogP contribution in [0.5, 0.6) is 5.75 Å². The Hall–Kier alpha value is -2.53. The fraction of sp³-hybridized carbons (Fsp3) is 0.263. The molecule has 2 rings (SSSR count). The molecule has 132 valence electrons. The molecule has 5 nitrogen and oxygen atoms in total. The van der Waals surface area contributed by atoms with Crippen molar-refractivity contribution in [3.8, 4) is 5.75 Å². The topological polar surface area (TPSA) is 58.6 Å². The highest BCUT2D eigenvalue weighted by Crippen LogP contribution is 2.23. The summed E-state index contributed by atoms with van der Waals surface area (Å²) in [6, 6.07) is 15.8. The van der Waals surface area contributed by atoms with Gasteiger partial charge in [-0.05, 0) is 24.6 Å². The Morgan fingerprint density at radius 1 is 1.12 bits per heavy atom. The highest BCUT2D eigenvalue weighted by Gasteiger charge is 2.25. The van der Waals surface area contributed by atoms with E-state index in [2.05, 4.69) is 5.32 Å². The summed E-state index contributed by atoms with van der Waals surface area (Å²) in [5.41, 5.74) is 0.935. The number of para-hydroxylation sites is 1. The van der Waals surface area contributed by atoms with Gasteiger partial charge in [-0.2, -0.15) is 0 Å². The number of carbonyl (C=O) groups is 2. The zero-order chi connectivity index (χ0) is 18.2. The van der Waals surface area contributed by atoms with Crippen LogP contribution in [0.3, 0.4) is 0 Å². The molecule has 0 fully saturated rings. The van der Waals surface area contributed by atoms with E-state index in [1.54, 1.807) is 38.2 Å². The molecule has 0 heterocycles. The van der Waals surface area contributed by atoms with Gasteiger partial charge in [0.25, 0.3) is 5.91 Å². The predicted molar refractivity (Wildman–Crippen MR) is 97.5 cm³/mol. The first-order chi connectivity index (χ1) is 12.0. The number of hydrogen-bond acceptors (Lipinski definition) is 3. The fourth-order valence-corrected chi connectivity index (χ4v) is 2.55. The molecule has 0 saturated carbocycles. The van der Waals surface area contributed by atoms with E-state index in [1.807, 2.05) is 30.3 Å². The van der Waals surface area contributed by atoms with Crippen molar-refractivity contribution in [3.05, 3.63) is 65.2 Å². The molecule has 0 unspecified atom stereocenters. The van der Waals surface area contributed by atoms with Gasteiger partial charge >= 0.3 is 0 Å². The van der Waals surface area contributed by atoms with Gasteiger partial charge in [-0.25, -0.2) is 0 Å². The standard InChI is InChI=1S/C19H21ClN2O3/c1-14(19(24)21-2)22(12-15-8-4-3-5-9-15)18(23)13-25-17-11-7-6-10-16(17)20/h3-11,14H,12-13H2,1-2H3,(H,21,24)/t14-/m1/s1. The number of hydrogen-bond donors (Lipinski definition) is 1. The van der Waals surface area contributed by atoms with Crippen LogP contribution in [-0.4, -0.2) is 36.4 Å². The molecule has 0 radical (unpaired) electrons. The maximum atomic E-state index is 12.7. The number of amides is 2. The summed E-state index contributed by atoms with van der Waals surface area (Å²) in [5, 5.41) is 3.01. The van der Waals surface area contributed by atoms with Crippen molar-refractivity contribution in [2.75, 3.05) is 13.7 Å². The Bertz CT molecular complexity index is 722. The molecule has 0 spiro atoms. The average molecular weight is 361 g/mol. The summed E-state index contributed by atoms with van der Waals surface area (Å²) in [6.45, 7) is 1.81. The molecule has 6 heteroatoms. The summed E-state index contributed by atoms with van der Waals surface area (Å²) in [6.07, 6.45) is 0. The lowest BCUT2D eigenvalue weighted by molar-refractivity contribution is -0.142. The Balaban J connectivity index is 2.11. The van der Waals surface area contributed by atoms with E-state index in [0.29, 0.717) is 17.3 Å². The van der Waals surface area contributed by atoms with Crippen LogP contribution in [0.25, 0.3) is 0 Å². The number of rotatable bonds is 7. The highest BCUT2D eigenvalue weighted by molar-refractivity contribution is 6.32. The van der Waals surface area contributed by atoms with Crippen molar-refractivity contribution in [3.63, 3.8) is 0 Å². The number of ether oxygens (including phenoxy) is 1. The lowest BCUT2D eigenvalue weighted by atomic mass is 10.1. The third-order valence-corrected chi connectivity index (χ3v) is 4.11. The van der Waals surface area contributed by atoms with Crippen LogP contribution in [-0.2, 0) is 16.1 Å². The van der Waals surface area contributed by atoms with Crippen LogP contribution in [0.2, 0.25) is 5.02 Å². The molecule has 0 aliphatic rings. The van der Waals surface area contributed by atoms with E-state index < -0.39 is 6.04 Å². The van der Waals surface area contributed by atoms with Gasteiger partial charge in [0.15, 0.2) is 6.61 Å². The van der Waals surface area contributed by atoms with E-state index in [0.717, 1.165) is 5.56 Å². The quantitative estimate of drug-likeness (QED) is 0.826. The third-order valence-electron chi connectivity index (χ3n) is 3.80. The number of nitrogens with zero attached hydrogens (tertiary/aromatic N) is 1. The molecule has 0 bridgehead atoms. The van der Waals surface area contributed by atoms with Crippen molar-refractivity contribution in [1.29, 1.82) is 0 Å². The van der Waals surface area contributed by atoms with Gasteiger partial charge in [0, 0.05) is 13.6 Å².